The van der Waals surface area contributed by atoms with Crippen LogP contribution in [-0.2, 0) is 9.53 Å². The first-order valence-corrected chi connectivity index (χ1v) is 6.51. The SMILES string of the molecule is O=C1C(NC2CC2)CCN1CC1(O)CCOC1. The summed E-state index contributed by atoms with van der Waals surface area (Å²) in [6.07, 6.45) is 3.90. The molecule has 1 aliphatic carbocycles. The number of hydrogen-bond donors (Lipinski definition) is 2. The molecular formula is C12H20N2O3. The first kappa shape index (κ1) is 11.4. The molecule has 1 saturated carbocycles. The zero-order valence-electron chi connectivity index (χ0n) is 10.0. The summed E-state index contributed by atoms with van der Waals surface area (Å²) in [6.45, 7) is 2.14. The Hall–Kier alpha value is -0.650. The number of carbonyl (C=O) groups excluding carboxylic acids is 1. The lowest BCUT2D eigenvalue weighted by Gasteiger charge is -2.27. The number of nitrogens with one attached hydrogen (secondary N) is 1. The number of β-amino-alcohol motifs (C(OH)–C–C–N with tert-alkyl or cyclic N) is 1. The molecule has 2 aliphatic heterocycles. The summed E-state index contributed by atoms with van der Waals surface area (Å²) in [4.78, 5) is 13.9. The first-order valence-electron chi connectivity index (χ1n) is 6.51. The van der Waals surface area contributed by atoms with Crippen LogP contribution in [0.3, 0.4) is 0 Å². The van der Waals surface area contributed by atoms with Crippen LogP contribution in [0.15, 0.2) is 0 Å². The van der Waals surface area contributed by atoms with Gasteiger partial charge in [-0.05, 0) is 19.3 Å². The molecule has 2 saturated heterocycles. The molecule has 3 rings (SSSR count). The molecule has 3 aliphatic rings. The predicted octanol–water partition coefficient (Wildman–Crippen LogP) is -0.509. The average Bonchev–Trinajstić information content (AvgIpc) is 2.93. The van der Waals surface area contributed by atoms with Crippen LogP contribution >= 0.6 is 0 Å². The molecule has 1 amide bonds. The summed E-state index contributed by atoms with van der Waals surface area (Å²) in [7, 11) is 0. The Labute approximate surface area is 101 Å². The van der Waals surface area contributed by atoms with Crippen LogP contribution in [0.4, 0.5) is 0 Å². The number of rotatable bonds is 4. The maximum absolute atomic E-state index is 12.1. The van der Waals surface area contributed by atoms with E-state index >= 15 is 0 Å². The largest absolute Gasteiger partial charge is 0.386 e. The molecule has 2 heterocycles. The van der Waals surface area contributed by atoms with E-state index < -0.39 is 5.60 Å². The van der Waals surface area contributed by atoms with Gasteiger partial charge in [0.2, 0.25) is 5.91 Å². The van der Waals surface area contributed by atoms with Crippen molar-refractivity contribution in [3.05, 3.63) is 0 Å². The number of likely N-dealkylation sites (tertiary alicyclic amines) is 1. The number of hydrogen-bond acceptors (Lipinski definition) is 4. The van der Waals surface area contributed by atoms with Gasteiger partial charge in [0, 0.05) is 25.6 Å². The summed E-state index contributed by atoms with van der Waals surface area (Å²) in [5.74, 6) is 0.150. The molecule has 0 bridgehead atoms. The fraction of sp³-hybridized carbons (Fsp3) is 0.917. The lowest BCUT2D eigenvalue weighted by molar-refractivity contribution is -0.132. The number of aliphatic hydroxyl groups is 1. The summed E-state index contributed by atoms with van der Waals surface area (Å²) in [5, 5.41) is 13.6. The van der Waals surface area contributed by atoms with Crippen LogP contribution in [0, 0.1) is 0 Å². The first-order chi connectivity index (χ1) is 8.16. The van der Waals surface area contributed by atoms with Crippen molar-refractivity contribution in [2.75, 3.05) is 26.3 Å². The maximum atomic E-state index is 12.1. The topological polar surface area (TPSA) is 61.8 Å². The Balaban J connectivity index is 1.55. The second-order valence-electron chi connectivity index (χ2n) is 5.57. The van der Waals surface area contributed by atoms with Crippen molar-refractivity contribution in [1.29, 1.82) is 0 Å². The van der Waals surface area contributed by atoms with Crippen molar-refractivity contribution in [2.24, 2.45) is 0 Å². The molecule has 0 radical (unpaired) electrons. The van der Waals surface area contributed by atoms with E-state index in [1.165, 1.54) is 12.8 Å². The lowest BCUT2D eigenvalue weighted by atomic mass is 10.0. The molecule has 3 fully saturated rings. The van der Waals surface area contributed by atoms with E-state index in [0.717, 1.165) is 13.0 Å². The van der Waals surface area contributed by atoms with Gasteiger partial charge in [-0.1, -0.05) is 0 Å². The van der Waals surface area contributed by atoms with Gasteiger partial charge in [0.15, 0.2) is 0 Å². The van der Waals surface area contributed by atoms with Crippen molar-refractivity contribution < 1.29 is 14.6 Å². The fourth-order valence-corrected chi connectivity index (χ4v) is 2.66. The van der Waals surface area contributed by atoms with Crippen LogP contribution in [0.25, 0.3) is 0 Å². The minimum absolute atomic E-state index is 0.0200. The van der Waals surface area contributed by atoms with E-state index in [2.05, 4.69) is 5.32 Å². The highest BCUT2D eigenvalue weighted by Crippen LogP contribution is 2.25. The van der Waals surface area contributed by atoms with Gasteiger partial charge >= 0.3 is 0 Å². The van der Waals surface area contributed by atoms with Crippen LogP contribution in [0.2, 0.25) is 0 Å². The summed E-state index contributed by atoms with van der Waals surface area (Å²) < 4.78 is 5.20. The third-order valence-corrected chi connectivity index (χ3v) is 3.88. The summed E-state index contributed by atoms with van der Waals surface area (Å²) >= 11 is 0. The molecule has 5 nitrogen and oxygen atoms in total. The highest BCUT2D eigenvalue weighted by Gasteiger charge is 2.41. The van der Waals surface area contributed by atoms with E-state index in [9.17, 15) is 9.90 Å². The normalized spacial score (nSPS) is 38.1. The van der Waals surface area contributed by atoms with Crippen molar-refractivity contribution >= 4 is 5.91 Å². The Kier molecular flexibility index (Phi) is 2.84. The minimum Gasteiger partial charge on any atom is -0.386 e. The van der Waals surface area contributed by atoms with Crippen LogP contribution in [-0.4, -0.2) is 59.9 Å². The molecule has 0 aromatic carbocycles. The highest BCUT2D eigenvalue weighted by molar-refractivity contribution is 5.84. The molecule has 0 aromatic rings. The highest BCUT2D eigenvalue weighted by atomic mass is 16.5. The predicted molar refractivity (Wildman–Crippen MR) is 61.5 cm³/mol. The Bertz CT molecular complexity index is 311. The van der Waals surface area contributed by atoms with Crippen LogP contribution in [0.1, 0.15) is 25.7 Å². The van der Waals surface area contributed by atoms with Crippen molar-refractivity contribution in [1.82, 2.24) is 10.2 Å². The van der Waals surface area contributed by atoms with Gasteiger partial charge in [-0.25, -0.2) is 0 Å². The van der Waals surface area contributed by atoms with E-state index in [4.69, 9.17) is 4.74 Å². The quantitative estimate of drug-likeness (QED) is 0.695. The summed E-state index contributed by atoms with van der Waals surface area (Å²) in [5.41, 5.74) is -0.815. The number of amides is 1. The maximum Gasteiger partial charge on any atom is 0.239 e. The van der Waals surface area contributed by atoms with Gasteiger partial charge in [-0.15, -0.1) is 0 Å². The van der Waals surface area contributed by atoms with Crippen LogP contribution in [0.5, 0.6) is 0 Å². The zero-order chi connectivity index (χ0) is 11.9. The standard InChI is InChI=1S/C12H20N2O3/c15-11-10(13-9-1-2-9)3-5-14(11)7-12(16)4-6-17-8-12/h9-10,13,16H,1-8H2. The molecule has 2 unspecified atom stereocenters. The van der Waals surface area contributed by atoms with Gasteiger partial charge in [0.05, 0.1) is 19.2 Å². The molecule has 17 heavy (non-hydrogen) atoms. The van der Waals surface area contributed by atoms with Crippen LogP contribution < -0.4 is 5.32 Å². The number of nitrogens with zero attached hydrogens (tertiary/aromatic N) is 1. The Morgan fingerprint density at radius 3 is 2.94 bits per heavy atom. The lowest BCUT2D eigenvalue weighted by Crippen LogP contribution is -2.47. The molecular weight excluding hydrogens is 220 g/mol. The fourth-order valence-electron chi connectivity index (χ4n) is 2.66. The van der Waals surface area contributed by atoms with Gasteiger partial charge in [0.1, 0.15) is 5.60 Å². The van der Waals surface area contributed by atoms with Gasteiger partial charge in [-0.2, -0.15) is 0 Å². The van der Waals surface area contributed by atoms with E-state index in [-0.39, 0.29) is 11.9 Å². The third-order valence-electron chi connectivity index (χ3n) is 3.88. The second-order valence-corrected chi connectivity index (χ2v) is 5.57. The van der Waals surface area contributed by atoms with Gasteiger partial charge < -0.3 is 20.1 Å². The Morgan fingerprint density at radius 1 is 1.47 bits per heavy atom. The van der Waals surface area contributed by atoms with Crippen molar-refractivity contribution in [3.8, 4) is 0 Å². The Morgan fingerprint density at radius 2 is 2.29 bits per heavy atom. The van der Waals surface area contributed by atoms with E-state index in [0.29, 0.717) is 32.2 Å². The summed E-state index contributed by atoms with van der Waals surface area (Å²) in [6, 6.07) is 0.537. The minimum atomic E-state index is -0.815. The monoisotopic (exact) mass is 240 g/mol. The molecule has 5 heteroatoms. The second kappa shape index (κ2) is 4.23. The number of carbonyl (C=O) groups is 1. The molecule has 0 aromatic heterocycles. The number of ether oxygens (including phenoxy) is 1. The molecule has 2 atom stereocenters. The van der Waals surface area contributed by atoms with Crippen molar-refractivity contribution in [2.45, 2.75) is 43.4 Å². The average molecular weight is 240 g/mol. The third kappa shape index (κ3) is 2.46. The van der Waals surface area contributed by atoms with Gasteiger partial charge in [0.25, 0.3) is 0 Å². The van der Waals surface area contributed by atoms with Gasteiger partial charge in [-0.3, -0.25) is 4.79 Å². The van der Waals surface area contributed by atoms with E-state index in [1.54, 1.807) is 4.90 Å². The molecule has 96 valence electrons. The molecule has 2 N–H and O–H groups in total. The smallest absolute Gasteiger partial charge is 0.239 e. The van der Waals surface area contributed by atoms with E-state index in [1.807, 2.05) is 0 Å². The zero-order valence-corrected chi connectivity index (χ0v) is 10.0. The molecule has 0 spiro atoms. The van der Waals surface area contributed by atoms with Crippen molar-refractivity contribution in [3.63, 3.8) is 0 Å².